The summed E-state index contributed by atoms with van der Waals surface area (Å²) in [4.78, 5) is 14.2. The molecule has 0 saturated heterocycles. The number of rotatable bonds is 6. The monoisotopic (exact) mass is 363 g/mol. The van der Waals surface area contributed by atoms with Crippen LogP contribution >= 0.6 is 0 Å². The first-order valence-corrected chi connectivity index (χ1v) is 9.12. The smallest absolute Gasteiger partial charge is 0.253 e. The van der Waals surface area contributed by atoms with E-state index in [1.54, 1.807) is 11.9 Å². The van der Waals surface area contributed by atoms with Crippen molar-refractivity contribution in [3.05, 3.63) is 77.6 Å². The summed E-state index contributed by atoms with van der Waals surface area (Å²) in [5.41, 5.74) is 4.48. The summed E-state index contributed by atoms with van der Waals surface area (Å²) >= 11 is 0. The molecule has 140 valence electrons. The van der Waals surface area contributed by atoms with Gasteiger partial charge in [-0.15, -0.1) is 0 Å². The predicted molar refractivity (Wildman–Crippen MR) is 106 cm³/mol. The van der Waals surface area contributed by atoms with Crippen molar-refractivity contribution in [3.8, 4) is 11.1 Å². The van der Waals surface area contributed by atoms with E-state index in [0.717, 1.165) is 28.9 Å². The Hall–Kier alpha value is -2.92. The van der Waals surface area contributed by atoms with E-state index < -0.39 is 6.10 Å². The molecule has 0 radical (unpaired) electrons. The van der Waals surface area contributed by atoms with Gasteiger partial charge in [0, 0.05) is 30.9 Å². The maximum Gasteiger partial charge on any atom is 0.253 e. The average molecular weight is 363 g/mol. The average Bonchev–Trinajstić information content (AvgIpc) is 3.09. The first-order valence-electron chi connectivity index (χ1n) is 9.12. The van der Waals surface area contributed by atoms with Gasteiger partial charge in [0.25, 0.3) is 5.91 Å². The Morgan fingerprint density at radius 1 is 1.15 bits per heavy atom. The summed E-state index contributed by atoms with van der Waals surface area (Å²) in [7, 11) is 1.71. The molecule has 0 spiro atoms. The first kappa shape index (κ1) is 18.9. The van der Waals surface area contributed by atoms with Gasteiger partial charge in [-0.1, -0.05) is 42.5 Å². The maximum absolute atomic E-state index is 12.7. The molecule has 1 heterocycles. The topological polar surface area (TPSA) is 58.4 Å². The Morgan fingerprint density at radius 3 is 2.41 bits per heavy atom. The van der Waals surface area contributed by atoms with E-state index in [1.807, 2.05) is 72.4 Å². The Bertz CT molecular complexity index is 901. The first-order chi connectivity index (χ1) is 13.0. The highest BCUT2D eigenvalue weighted by atomic mass is 16.3. The van der Waals surface area contributed by atoms with Gasteiger partial charge >= 0.3 is 0 Å². The van der Waals surface area contributed by atoms with Gasteiger partial charge in [0.1, 0.15) is 0 Å². The summed E-state index contributed by atoms with van der Waals surface area (Å²) in [5.74, 6) is -0.113. The molecule has 0 saturated carbocycles. The molecule has 3 aromatic rings. The number of carbonyl (C=O) groups is 1. The van der Waals surface area contributed by atoms with Gasteiger partial charge in [0.2, 0.25) is 0 Å². The highest BCUT2D eigenvalue weighted by Gasteiger charge is 2.17. The van der Waals surface area contributed by atoms with Crippen molar-refractivity contribution < 1.29 is 9.90 Å². The van der Waals surface area contributed by atoms with Gasteiger partial charge in [-0.25, -0.2) is 0 Å². The third kappa shape index (κ3) is 4.26. The minimum atomic E-state index is -0.707. The Labute approximate surface area is 159 Å². The fourth-order valence-electron chi connectivity index (χ4n) is 3.10. The molecule has 1 aromatic heterocycles. The van der Waals surface area contributed by atoms with Crippen LogP contribution < -0.4 is 0 Å². The van der Waals surface area contributed by atoms with Crippen molar-refractivity contribution >= 4 is 5.91 Å². The summed E-state index contributed by atoms with van der Waals surface area (Å²) in [6.45, 7) is 5.11. The molecule has 0 unspecified atom stereocenters. The lowest BCUT2D eigenvalue weighted by Gasteiger charge is -2.21. The lowest BCUT2D eigenvalue weighted by Crippen LogP contribution is -2.31. The van der Waals surface area contributed by atoms with Crippen LogP contribution in [-0.4, -0.2) is 39.3 Å². The zero-order valence-electron chi connectivity index (χ0n) is 16.0. The molecular weight excluding hydrogens is 338 g/mol. The molecular formula is C22H25N3O2. The zero-order valence-corrected chi connectivity index (χ0v) is 16.0. The second-order valence-corrected chi connectivity index (χ2v) is 6.67. The van der Waals surface area contributed by atoms with Crippen LogP contribution in [0.2, 0.25) is 0 Å². The summed E-state index contributed by atoms with van der Waals surface area (Å²) in [6, 6.07) is 16.9. The molecule has 0 aliphatic rings. The van der Waals surface area contributed by atoms with Gasteiger partial charge in [-0.3, -0.25) is 9.48 Å². The Kier molecular flexibility index (Phi) is 5.72. The highest BCUT2D eigenvalue weighted by Crippen LogP contribution is 2.23. The molecule has 5 heteroatoms. The van der Waals surface area contributed by atoms with Gasteiger partial charge in [0.15, 0.2) is 0 Å². The van der Waals surface area contributed by atoms with Gasteiger partial charge in [-0.2, -0.15) is 5.10 Å². The number of hydrogen-bond acceptors (Lipinski definition) is 3. The van der Waals surface area contributed by atoms with Crippen molar-refractivity contribution in [1.82, 2.24) is 14.7 Å². The molecule has 1 atom stereocenters. The van der Waals surface area contributed by atoms with Crippen LogP contribution in [0.4, 0.5) is 0 Å². The summed E-state index contributed by atoms with van der Waals surface area (Å²) < 4.78 is 1.91. The molecule has 1 amide bonds. The molecule has 1 N–H and O–H groups in total. The number of carbonyl (C=O) groups excluding carboxylic acids is 1. The van der Waals surface area contributed by atoms with E-state index in [0.29, 0.717) is 5.56 Å². The third-order valence-corrected chi connectivity index (χ3v) is 4.69. The van der Waals surface area contributed by atoms with E-state index in [-0.39, 0.29) is 12.5 Å². The number of aryl methyl sites for hydroxylation is 2. The molecule has 0 aliphatic carbocycles. The molecule has 0 bridgehead atoms. The lowest BCUT2D eigenvalue weighted by molar-refractivity contribution is 0.0681. The Morgan fingerprint density at radius 2 is 1.81 bits per heavy atom. The van der Waals surface area contributed by atoms with Crippen molar-refractivity contribution in [2.24, 2.45) is 0 Å². The van der Waals surface area contributed by atoms with Crippen molar-refractivity contribution in [2.75, 3.05) is 13.6 Å². The maximum atomic E-state index is 12.7. The lowest BCUT2D eigenvalue weighted by atomic mass is 10.0. The van der Waals surface area contributed by atoms with Crippen LogP contribution in [0.5, 0.6) is 0 Å². The highest BCUT2D eigenvalue weighted by molar-refractivity contribution is 5.94. The summed E-state index contributed by atoms with van der Waals surface area (Å²) in [6.07, 6.45) is 1.32. The minimum Gasteiger partial charge on any atom is -0.387 e. The van der Waals surface area contributed by atoms with E-state index in [2.05, 4.69) is 12.0 Å². The van der Waals surface area contributed by atoms with Crippen LogP contribution in [0.1, 0.15) is 34.6 Å². The van der Waals surface area contributed by atoms with E-state index >= 15 is 0 Å². The van der Waals surface area contributed by atoms with Crippen molar-refractivity contribution in [3.63, 3.8) is 0 Å². The normalized spacial score (nSPS) is 12.0. The van der Waals surface area contributed by atoms with Crippen molar-refractivity contribution in [2.45, 2.75) is 26.5 Å². The summed E-state index contributed by atoms with van der Waals surface area (Å²) in [5, 5.41) is 14.8. The molecule has 0 fully saturated rings. The number of aliphatic hydroxyl groups is 1. The standard InChI is InChI=1S/C22H25N3O2/c1-4-25-14-20(16(2)23-25)17-10-12-19(13-11-17)22(27)24(3)15-21(26)18-8-6-5-7-9-18/h5-14,21,26H,4,15H2,1-3H3/t21-/m1/s1. The van der Waals surface area contributed by atoms with Crippen LogP contribution in [0, 0.1) is 6.92 Å². The second kappa shape index (κ2) is 8.18. The number of amides is 1. The number of nitrogens with zero attached hydrogens (tertiary/aromatic N) is 3. The predicted octanol–water partition coefficient (Wildman–Crippen LogP) is 3.68. The van der Waals surface area contributed by atoms with Crippen LogP contribution in [0.15, 0.2) is 60.8 Å². The number of benzene rings is 2. The minimum absolute atomic E-state index is 0.113. The van der Waals surface area contributed by atoms with E-state index in [9.17, 15) is 9.90 Å². The number of aliphatic hydroxyl groups excluding tert-OH is 1. The number of hydrogen-bond donors (Lipinski definition) is 1. The fraction of sp³-hybridized carbons (Fsp3) is 0.273. The molecule has 3 rings (SSSR count). The molecule has 2 aromatic carbocycles. The zero-order chi connectivity index (χ0) is 19.4. The number of likely N-dealkylation sites (N-methyl/N-ethyl adjacent to an activating group) is 1. The van der Waals surface area contributed by atoms with Crippen LogP contribution in [0.25, 0.3) is 11.1 Å². The molecule has 27 heavy (non-hydrogen) atoms. The third-order valence-electron chi connectivity index (χ3n) is 4.69. The van der Waals surface area contributed by atoms with Gasteiger partial charge in [0.05, 0.1) is 18.3 Å². The SMILES string of the molecule is CCn1cc(-c2ccc(C(=O)N(C)C[C@@H](O)c3ccccc3)cc2)c(C)n1. The number of aromatic nitrogens is 2. The van der Waals surface area contributed by atoms with E-state index in [1.165, 1.54) is 0 Å². The molecule has 5 nitrogen and oxygen atoms in total. The largest absolute Gasteiger partial charge is 0.387 e. The van der Waals surface area contributed by atoms with E-state index in [4.69, 9.17) is 0 Å². The molecule has 0 aliphatic heterocycles. The second-order valence-electron chi connectivity index (χ2n) is 6.67. The quantitative estimate of drug-likeness (QED) is 0.727. The Balaban J connectivity index is 1.70. The van der Waals surface area contributed by atoms with Gasteiger partial charge < -0.3 is 10.0 Å². The fourth-order valence-corrected chi connectivity index (χ4v) is 3.10. The van der Waals surface area contributed by atoms with Gasteiger partial charge in [-0.05, 0) is 37.1 Å². The van der Waals surface area contributed by atoms with Crippen LogP contribution in [-0.2, 0) is 6.54 Å². The van der Waals surface area contributed by atoms with Crippen molar-refractivity contribution in [1.29, 1.82) is 0 Å². The van der Waals surface area contributed by atoms with Crippen LogP contribution in [0.3, 0.4) is 0 Å².